The van der Waals surface area contributed by atoms with Crippen molar-refractivity contribution in [2.45, 2.75) is 37.7 Å². The SMILES string of the molecule is C=CCn1c(S[C@@H](C)C(=O)Nc2cc(C)ccc2C)nnc1-c1ccncc1. The van der Waals surface area contributed by atoms with E-state index < -0.39 is 0 Å². The number of aryl methyl sites for hydroxylation is 2. The van der Waals surface area contributed by atoms with Crippen LogP contribution in [0.25, 0.3) is 11.4 Å². The molecule has 0 aliphatic heterocycles. The summed E-state index contributed by atoms with van der Waals surface area (Å²) in [6, 6.07) is 9.78. The van der Waals surface area contributed by atoms with Gasteiger partial charge in [0.1, 0.15) is 0 Å². The van der Waals surface area contributed by atoms with Crippen molar-refractivity contribution < 1.29 is 4.79 Å². The molecular weight excluding hydrogens is 370 g/mol. The molecule has 0 aliphatic carbocycles. The number of aromatic nitrogens is 4. The number of hydrogen-bond donors (Lipinski definition) is 1. The number of carbonyl (C=O) groups is 1. The van der Waals surface area contributed by atoms with Crippen LogP contribution in [0.5, 0.6) is 0 Å². The lowest BCUT2D eigenvalue weighted by molar-refractivity contribution is -0.115. The molecule has 3 rings (SSSR count). The molecule has 6 nitrogen and oxygen atoms in total. The third-order valence-electron chi connectivity index (χ3n) is 4.27. The maximum absolute atomic E-state index is 12.7. The highest BCUT2D eigenvalue weighted by Crippen LogP contribution is 2.27. The van der Waals surface area contributed by atoms with Crippen molar-refractivity contribution in [3.05, 3.63) is 66.5 Å². The normalized spacial score (nSPS) is 11.8. The van der Waals surface area contributed by atoms with E-state index in [1.54, 1.807) is 18.5 Å². The fourth-order valence-corrected chi connectivity index (χ4v) is 3.56. The van der Waals surface area contributed by atoms with Crippen molar-refractivity contribution in [3.8, 4) is 11.4 Å². The molecule has 0 unspecified atom stereocenters. The molecule has 0 fully saturated rings. The molecule has 7 heteroatoms. The van der Waals surface area contributed by atoms with E-state index in [0.29, 0.717) is 11.7 Å². The van der Waals surface area contributed by atoms with Crippen LogP contribution in [0, 0.1) is 13.8 Å². The quantitative estimate of drug-likeness (QED) is 0.480. The average molecular weight is 394 g/mol. The summed E-state index contributed by atoms with van der Waals surface area (Å²) in [5.41, 5.74) is 3.89. The van der Waals surface area contributed by atoms with E-state index >= 15 is 0 Å². The molecule has 3 aromatic rings. The molecule has 1 aromatic carbocycles. The van der Waals surface area contributed by atoms with Crippen LogP contribution in [0.3, 0.4) is 0 Å². The number of rotatable bonds is 7. The number of nitrogens with one attached hydrogen (secondary N) is 1. The van der Waals surface area contributed by atoms with E-state index in [1.807, 2.05) is 55.7 Å². The van der Waals surface area contributed by atoms with Crippen molar-refractivity contribution in [2.75, 3.05) is 5.32 Å². The predicted molar refractivity (Wildman–Crippen MR) is 113 cm³/mol. The monoisotopic (exact) mass is 393 g/mol. The summed E-state index contributed by atoms with van der Waals surface area (Å²) < 4.78 is 1.95. The topological polar surface area (TPSA) is 72.7 Å². The summed E-state index contributed by atoms with van der Waals surface area (Å²) in [4.78, 5) is 16.8. The standard InChI is InChI=1S/C21H23N5OS/c1-5-12-26-19(17-8-10-22-11-9-17)24-25-21(26)28-16(4)20(27)23-18-13-14(2)6-7-15(18)3/h5-11,13,16H,1,12H2,2-4H3,(H,23,27)/t16-/m0/s1. The number of carbonyl (C=O) groups excluding carboxylic acids is 1. The molecule has 0 radical (unpaired) electrons. The summed E-state index contributed by atoms with van der Waals surface area (Å²) in [7, 11) is 0. The highest BCUT2D eigenvalue weighted by molar-refractivity contribution is 8.00. The average Bonchev–Trinajstić information content (AvgIpc) is 3.08. The molecule has 1 amide bonds. The Hall–Kier alpha value is -2.93. The van der Waals surface area contributed by atoms with Gasteiger partial charge in [-0.15, -0.1) is 16.8 Å². The smallest absolute Gasteiger partial charge is 0.237 e. The van der Waals surface area contributed by atoms with Gasteiger partial charge in [-0.05, 0) is 50.1 Å². The molecule has 0 aliphatic rings. The van der Waals surface area contributed by atoms with E-state index in [0.717, 1.165) is 28.2 Å². The summed E-state index contributed by atoms with van der Waals surface area (Å²) in [6.45, 7) is 10.2. The van der Waals surface area contributed by atoms with Crippen LogP contribution < -0.4 is 5.32 Å². The van der Waals surface area contributed by atoms with Gasteiger partial charge >= 0.3 is 0 Å². The number of pyridine rings is 1. The van der Waals surface area contributed by atoms with E-state index in [4.69, 9.17) is 0 Å². The lowest BCUT2D eigenvalue weighted by atomic mass is 10.1. The minimum atomic E-state index is -0.335. The van der Waals surface area contributed by atoms with Gasteiger partial charge in [0, 0.05) is 30.2 Å². The molecule has 28 heavy (non-hydrogen) atoms. The summed E-state index contributed by atoms with van der Waals surface area (Å²) in [6.07, 6.45) is 5.23. The van der Waals surface area contributed by atoms with Crippen molar-refractivity contribution in [1.82, 2.24) is 19.7 Å². The first-order valence-corrected chi connectivity index (χ1v) is 9.87. The summed E-state index contributed by atoms with van der Waals surface area (Å²) >= 11 is 1.38. The highest BCUT2D eigenvalue weighted by Gasteiger charge is 2.21. The number of amides is 1. The van der Waals surface area contributed by atoms with Crippen LogP contribution in [-0.2, 0) is 11.3 Å². The minimum absolute atomic E-state index is 0.0719. The van der Waals surface area contributed by atoms with E-state index in [-0.39, 0.29) is 11.2 Å². The Morgan fingerprint density at radius 3 is 2.71 bits per heavy atom. The second-order valence-corrected chi connectivity index (χ2v) is 7.82. The van der Waals surface area contributed by atoms with Crippen LogP contribution in [-0.4, -0.2) is 30.9 Å². The molecule has 0 spiro atoms. The van der Waals surface area contributed by atoms with Crippen molar-refractivity contribution >= 4 is 23.4 Å². The minimum Gasteiger partial charge on any atom is -0.325 e. The van der Waals surface area contributed by atoms with E-state index in [9.17, 15) is 4.79 Å². The second-order valence-electron chi connectivity index (χ2n) is 6.51. The molecule has 0 bridgehead atoms. The fraction of sp³-hybridized carbons (Fsp3) is 0.238. The van der Waals surface area contributed by atoms with Gasteiger partial charge in [-0.3, -0.25) is 14.3 Å². The van der Waals surface area contributed by atoms with Gasteiger partial charge in [0.15, 0.2) is 11.0 Å². The molecule has 1 atom stereocenters. The number of hydrogen-bond acceptors (Lipinski definition) is 5. The van der Waals surface area contributed by atoms with Crippen LogP contribution in [0.4, 0.5) is 5.69 Å². The number of allylic oxidation sites excluding steroid dienone is 1. The van der Waals surface area contributed by atoms with Crippen LogP contribution in [0.15, 0.2) is 60.5 Å². The molecule has 0 saturated carbocycles. The predicted octanol–water partition coefficient (Wildman–Crippen LogP) is 4.26. The fourth-order valence-electron chi connectivity index (χ4n) is 2.70. The highest BCUT2D eigenvalue weighted by atomic mass is 32.2. The number of benzene rings is 1. The van der Waals surface area contributed by atoms with Crippen LogP contribution in [0.1, 0.15) is 18.1 Å². The molecule has 2 aromatic heterocycles. The van der Waals surface area contributed by atoms with Gasteiger partial charge in [-0.1, -0.05) is 30.0 Å². The van der Waals surface area contributed by atoms with Gasteiger partial charge in [0.25, 0.3) is 0 Å². The van der Waals surface area contributed by atoms with Crippen molar-refractivity contribution in [1.29, 1.82) is 0 Å². The largest absolute Gasteiger partial charge is 0.325 e. The zero-order valence-corrected chi connectivity index (χ0v) is 17.0. The van der Waals surface area contributed by atoms with E-state index in [2.05, 4.69) is 27.1 Å². The van der Waals surface area contributed by atoms with Gasteiger partial charge in [0.2, 0.25) is 5.91 Å². The first-order chi connectivity index (χ1) is 13.5. The summed E-state index contributed by atoms with van der Waals surface area (Å²) in [5.74, 6) is 0.657. The molecular formula is C21H23N5OS. The van der Waals surface area contributed by atoms with Gasteiger partial charge in [0.05, 0.1) is 5.25 Å². The van der Waals surface area contributed by atoms with Gasteiger partial charge < -0.3 is 5.32 Å². The van der Waals surface area contributed by atoms with Crippen molar-refractivity contribution in [3.63, 3.8) is 0 Å². The van der Waals surface area contributed by atoms with Crippen LogP contribution >= 0.6 is 11.8 Å². The Kier molecular flexibility index (Phi) is 6.26. The van der Waals surface area contributed by atoms with Crippen LogP contribution in [0.2, 0.25) is 0 Å². The lowest BCUT2D eigenvalue weighted by Gasteiger charge is -2.14. The third kappa shape index (κ3) is 4.48. The Morgan fingerprint density at radius 2 is 2.00 bits per heavy atom. The molecule has 144 valence electrons. The Balaban J connectivity index is 1.79. The maximum Gasteiger partial charge on any atom is 0.237 e. The zero-order chi connectivity index (χ0) is 20.1. The Bertz CT molecular complexity index is 984. The first kappa shape index (κ1) is 19.8. The van der Waals surface area contributed by atoms with Gasteiger partial charge in [-0.25, -0.2) is 0 Å². The molecule has 0 saturated heterocycles. The molecule has 2 heterocycles. The zero-order valence-electron chi connectivity index (χ0n) is 16.2. The number of nitrogens with zero attached hydrogens (tertiary/aromatic N) is 4. The van der Waals surface area contributed by atoms with Crippen molar-refractivity contribution in [2.24, 2.45) is 0 Å². The third-order valence-corrected chi connectivity index (χ3v) is 5.35. The second kappa shape index (κ2) is 8.84. The first-order valence-electron chi connectivity index (χ1n) is 8.99. The Labute approximate surface area is 169 Å². The summed E-state index contributed by atoms with van der Waals surface area (Å²) in [5, 5.41) is 12.0. The van der Waals surface area contributed by atoms with E-state index in [1.165, 1.54) is 11.8 Å². The lowest BCUT2D eigenvalue weighted by Crippen LogP contribution is -2.23. The number of thioether (sulfide) groups is 1. The Morgan fingerprint density at radius 1 is 1.25 bits per heavy atom. The van der Waals surface area contributed by atoms with Gasteiger partial charge in [-0.2, -0.15) is 0 Å². The maximum atomic E-state index is 12.7. The number of anilines is 1. The molecule has 1 N–H and O–H groups in total.